The lowest BCUT2D eigenvalue weighted by Crippen LogP contribution is -2.37. The number of ether oxygens (including phenoxy) is 1. The lowest BCUT2D eigenvalue weighted by molar-refractivity contribution is -0.222. The minimum atomic E-state index is -3.65. The molecular formula is C32H32F6O. The molecule has 0 amide bonds. The molecule has 3 aromatic rings. The molecule has 0 heterocycles. The van der Waals surface area contributed by atoms with Gasteiger partial charge in [0.2, 0.25) is 0 Å². The summed E-state index contributed by atoms with van der Waals surface area (Å²) in [5, 5.41) is 0. The van der Waals surface area contributed by atoms with Crippen molar-refractivity contribution in [1.29, 1.82) is 0 Å². The Morgan fingerprint density at radius 3 is 1.77 bits per heavy atom. The van der Waals surface area contributed by atoms with E-state index in [-0.39, 0.29) is 24.6 Å². The Balaban J connectivity index is 1.20. The van der Waals surface area contributed by atoms with E-state index in [1.54, 1.807) is 6.07 Å². The van der Waals surface area contributed by atoms with Crippen molar-refractivity contribution in [3.63, 3.8) is 0 Å². The second-order valence-corrected chi connectivity index (χ2v) is 11.2. The van der Waals surface area contributed by atoms with Gasteiger partial charge in [0.15, 0.2) is 17.5 Å². The monoisotopic (exact) mass is 546 g/mol. The number of benzene rings is 3. The molecule has 208 valence electrons. The quantitative estimate of drug-likeness (QED) is 0.221. The first-order valence-corrected chi connectivity index (χ1v) is 13.7. The average molecular weight is 547 g/mol. The van der Waals surface area contributed by atoms with Crippen molar-refractivity contribution < 1.29 is 31.1 Å². The van der Waals surface area contributed by atoms with Gasteiger partial charge in [-0.05, 0) is 79.0 Å². The van der Waals surface area contributed by atoms with Crippen LogP contribution in [0.1, 0.15) is 81.3 Å². The molecule has 1 nitrogen and oxygen atoms in total. The molecular weight excluding hydrogens is 514 g/mol. The zero-order valence-corrected chi connectivity index (χ0v) is 21.8. The Morgan fingerprint density at radius 1 is 0.641 bits per heavy atom. The van der Waals surface area contributed by atoms with Crippen molar-refractivity contribution in [2.45, 2.75) is 76.2 Å². The summed E-state index contributed by atoms with van der Waals surface area (Å²) in [5.41, 5.74) is 3.38. The number of hydrogen-bond donors (Lipinski definition) is 0. The summed E-state index contributed by atoms with van der Waals surface area (Å²) in [6.07, 6.45) is 2.17. The Labute approximate surface area is 225 Å². The van der Waals surface area contributed by atoms with Crippen LogP contribution in [0.4, 0.5) is 26.3 Å². The van der Waals surface area contributed by atoms with E-state index in [9.17, 15) is 22.0 Å². The van der Waals surface area contributed by atoms with Crippen LogP contribution < -0.4 is 4.74 Å². The van der Waals surface area contributed by atoms with Crippen LogP contribution in [0.5, 0.6) is 5.75 Å². The topological polar surface area (TPSA) is 9.23 Å². The highest BCUT2D eigenvalue weighted by atomic mass is 19.3. The molecule has 39 heavy (non-hydrogen) atoms. The summed E-state index contributed by atoms with van der Waals surface area (Å²) in [6, 6.07) is 14.0. The Bertz CT molecular complexity index is 1270. The molecule has 0 saturated heterocycles. The van der Waals surface area contributed by atoms with Crippen LogP contribution in [-0.4, -0.2) is 6.11 Å². The van der Waals surface area contributed by atoms with Crippen LogP contribution in [0.3, 0.4) is 0 Å². The van der Waals surface area contributed by atoms with E-state index in [2.05, 4.69) is 11.7 Å². The van der Waals surface area contributed by atoms with Crippen molar-refractivity contribution in [2.75, 3.05) is 0 Å². The van der Waals surface area contributed by atoms with Crippen molar-refractivity contribution in [2.24, 2.45) is 11.8 Å². The largest absolute Gasteiger partial charge is 0.432 e. The number of hydrogen-bond acceptors (Lipinski definition) is 1. The predicted octanol–water partition coefficient (Wildman–Crippen LogP) is 10.1. The maximum atomic E-state index is 15.1. The molecule has 0 bridgehead atoms. The van der Waals surface area contributed by atoms with E-state index in [0.717, 1.165) is 35.4 Å². The van der Waals surface area contributed by atoms with Crippen LogP contribution in [0.2, 0.25) is 0 Å². The molecule has 7 heteroatoms. The van der Waals surface area contributed by atoms with Gasteiger partial charge in [-0.2, -0.15) is 8.78 Å². The van der Waals surface area contributed by atoms with Crippen LogP contribution in [-0.2, 0) is 0 Å². The van der Waals surface area contributed by atoms with E-state index in [4.69, 9.17) is 0 Å². The van der Waals surface area contributed by atoms with Gasteiger partial charge in [-0.1, -0.05) is 56.2 Å². The zero-order valence-electron chi connectivity index (χ0n) is 21.8. The van der Waals surface area contributed by atoms with Crippen molar-refractivity contribution in [1.82, 2.24) is 0 Å². The van der Waals surface area contributed by atoms with Gasteiger partial charge in [-0.25, -0.2) is 17.6 Å². The van der Waals surface area contributed by atoms with Gasteiger partial charge < -0.3 is 4.74 Å². The third-order valence-electron chi connectivity index (χ3n) is 8.59. The molecule has 3 aromatic carbocycles. The first-order valence-electron chi connectivity index (χ1n) is 13.7. The maximum absolute atomic E-state index is 15.1. The van der Waals surface area contributed by atoms with Gasteiger partial charge in [0.05, 0.1) is 5.92 Å². The van der Waals surface area contributed by atoms with Crippen LogP contribution in [0.25, 0.3) is 11.1 Å². The molecule has 2 aliphatic rings. The molecule has 5 rings (SSSR count). The third kappa shape index (κ3) is 6.12. The maximum Gasteiger partial charge on any atom is 0.400 e. The van der Waals surface area contributed by atoms with Gasteiger partial charge in [0.25, 0.3) is 0 Å². The smallest absolute Gasteiger partial charge is 0.400 e. The van der Waals surface area contributed by atoms with Gasteiger partial charge in [-0.3, -0.25) is 0 Å². The van der Waals surface area contributed by atoms with Crippen LogP contribution in [0, 0.1) is 35.1 Å². The first-order chi connectivity index (χ1) is 18.6. The van der Waals surface area contributed by atoms with E-state index < -0.39 is 35.2 Å². The third-order valence-corrected chi connectivity index (χ3v) is 8.59. The molecule has 0 atom stereocenters. The Hall–Kier alpha value is -2.96. The van der Waals surface area contributed by atoms with E-state index in [1.807, 2.05) is 36.4 Å². The Morgan fingerprint density at radius 2 is 1.18 bits per heavy atom. The predicted molar refractivity (Wildman–Crippen MR) is 139 cm³/mol. The minimum absolute atomic E-state index is 0.0627. The summed E-state index contributed by atoms with van der Waals surface area (Å²) in [4.78, 5) is 0. The standard InChI is InChI=1S/C32H32F6O/c1-19-2-4-22(5-3-19)24-12-15-27(28(33)16-24)23-8-6-20(7-9-23)21-10-13-25(14-11-21)32(37,38)39-26-17-29(34)31(36)30(35)18-26/h6-9,12,15-19,21-22,25H,2-5,10-11,13-14H2,1H3. The molecule has 2 saturated carbocycles. The summed E-state index contributed by atoms with van der Waals surface area (Å²) in [5.74, 6) is -5.79. The van der Waals surface area contributed by atoms with E-state index in [0.29, 0.717) is 36.5 Å². The summed E-state index contributed by atoms with van der Waals surface area (Å²) >= 11 is 0. The van der Waals surface area contributed by atoms with Crippen molar-refractivity contribution in [3.05, 3.63) is 89.0 Å². The van der Waals surface area contributed by atoms with E-state index in [1.165, 1.54) is 12.8 Å². The first kappa shape index (κ1) is 27.6. The summed E-state index contributed by atoms with van der Waals surface area (Å²) < 4.78 is 89.1. The van der Waals surface area contributed by atoms with Gasteiger partial charge in [0.1, 0.15) is 11.6 Å². The van der Waals surface area contributed by atoms with Gasteiger partial charge in [-0.15, -0.1) is 0 Å². The SMILES string of the molecule is CC1CCC(c2ccc(-c3ccc(C4CCC(C(F)(F)Oc5cc(F)c(F)c(F)c5)CC4)cc3)c(F)c2)CC1. The van der Waals surface area contributed by atoms with Crippen molar-refractivity contribution in [3.8, 4) is 16.9 Å². The molecule has 0 aromatic heterocycles. The minimum Gasteiger partial charge on any atom is -0.432 e. The molecule has 2 fully saturated rings. The molecule has 2 aliphatic carbocycles. The lowest BCUT2D eigenvalue weighted by Gasteiger charge is -2.33. The Kier molecular flexibility index (Phi) is 7.97. The number of halogens is 6. The fourth-order valence-electron chi connectivity index (χ4n) is 6.14. The zero-order chi connectivity index (χ0) is 27.7. The molecule has 0 aliphatic heterocycles. The second kappa shape index (κ2) is 11.3. The highest BCUT2D eigenvalue weighted by Gasteiger charge is 2.44. The van der Waals surface area contributed by atoms with Crippen LogP contribution in [0.15, 0.2) is 54.6 Å². The normalized spacial score (nSPS) is 24.0. The second-order valence-electron chi connectivity index (χ2n) is 11.2. The van der Waals surface area contributed by atoms with E-state index >= 15 is 4.39 Å². The summed E-state index contributed by atoms with van der Waals surface area (Å²) in [7, 11) is 0. The van der Waals surface area contributed by atoms with Gasteiger partial charge in [0, 0.05) is 17.7 Å². The average Bonchev–Trinajstić information content (AvgIpc) is 2.92. The molecule has 0 N–H and O–H groups in total. The molecule has 0 unspecified atom stereocenters. The lowest BCUT2D eigenvalue weighted by atomic mass is 9.78. The number of rotatable bonds is 6. The summed E-state index contributed by atoms with van der Waals surface area (Å²) in [6.45, 7) is 2.27. The molecule has 0 spiro atoms. The number of alkyl halides is 2. The fourth-order valence-corrected chi connectivity index (χ4v) is 6.14. The molecule has 0 radical (unpaired) electrons. The van der Waals surface area contributed by atoms with Crippen molar-refractivity contribution >= 4 is 0 Å². The fraction of sp³-hybridized carbons (Fsp3) is 0.438. The van der Waals surface area contributed by atoms with Crippen LogP contribution >= 0.6 is 0 Å². The highest BCUT2D eigenvalue weighted by molar-refractivity contribution is 5.65. The highest BCUT2D eigenvalue weighted by Crippen LogP contribution is 2.44. The van der Waals surface area contributed by atoms with Gasteiger partial charge >= 0.3 is 6.11 Å².